The lowest BCUT2D eigenvalue weighted by molar-refractivity contribution is 0.102. The number of carbonyl (C=O) groups is 1. The van der Waals surface area contributed by atoms with Crippen LogP contribution in [0.2, 0.25) is 0 Å². The van der Waals surface area contributed by atoms with E-state index in [4.69, 9.17) is 0 Å². The molecule has 0 unspecified atom stereocenters. The molecule has 28 heavy (non-hydrogen) atoms. The number of amides is 1. The SMILES string of the molecule is CN1CCN(c2cccc(C(=O)Nc3cn(C)nc3-c3cnn(C)c3)n2)CC1. The lowest BCUT2D eigenvalue weighted by Gasteiger charge is -2.33. The number of nitrogens with zero attached hydrogens (tertiary/aromatic N) is 7. The molecule has 4 rings (SSSR count). The molecule has 1 saturated heterocycles. The molecule has 3 aromatic heterocycles. The van der Waals surface area contributed by atoms with Gasteiger partial charge in [-0.1, -0.05) is 6.07 Å². The molecular formula is C19H24N8O. The second kappa shape index (κ2) is 7.43. The van der Waals surface area contributed by atoms with Crippen LogP contribution in [0.15, 0.2) is 36.8 Å². The minimum Gasteiger partial charge on any atom is -0.354 e. The number of anilines is 2. The summed E-state index contributed by atoms with van der Waals surface area (Å²) in [5.41, 5.74) is 2.54. The number of likely N-dealkylation sites (N-methyl/N-ethyl adjacent to an activating group) is 1. The van der Waals surface area contributed by atoms with E-state index >= 15 is 0 Å². The standard InChI is InChI=1S/C19H24N8O/c1-24-7-9-27(10-8-24)17-6-4-5-15(21-17)19(28)22-16-13-26(3)23-18(16)14-11-20-25(2)12-14/h4-6,11-13H,7-10H2,1-3H3,(H,22,28). The lowest BCUT2D eigenvalue weighted by Crippen LogP contribution is -2.44. The topological polar surface area (TPSA) is 84.1 Å². The first-order chi connectivity index (χ1) is 13.5. The molecule has 1 amide bonds. The number of hydrogen-bond donors (Lipinski definition) is 1. The Morgan fingerprint density at radius 2 is 1.82 bits per heavy atom. The number of aryl methyl sites for hydroxylation is 2. The molecule has 1 fully saturated rings. The highest BCUT2D eigenvalue weighted by molar-refractivity contribution is 6.04. The fourth-order valence-corrected chi connectivity index (χ4v) is 3.28. The van der Waals surface area contributed by atoms with Gasteiger partial charge >= 0.3 is 0 Å². The Bertz CT molecular complexity index is 983. The van der Waals surface area contributed by atoms with Crippen molar-refractivity contribution in [2.24, 2.45) is 14.1 Å². The van der Waals surface area contributed by atoms with Gasteiger partial charge in [0.25, 0.3) is 5.91 Å². The van der Waals surface area contributed by atoms with Gasteiger partial charge in [-0.3, -0.25) is 14.2 Å². The smallest absolute Gasteiger partial charge is 0.274 e. The molecule has 0 radical (unpaired) electrons. The molecule has 0 spiro atoms. The number of carbonyl (C=O) groups excluding carboxylic acids is 1. The Morgan fingerprint density at radius 3 is 2.54 bits per heavy atom. The molecule has 9 nitrogen and oxygen atoms in total. The van der Waals surface area contributed by atoms with Crippen molar-refractivity contribution in [1.82, 2.24) is 29.4 Å². The summed E-state index contributed by atoms with van der Waals surface area (Å²) in [5.74, 6) is 0.577. The van der Waals surface area contributed by atoms with Crippen LogP contribution in [0.5, 0.6) is 0 Å². The van der Waals surface area contributed by atoms with Gasteiger partial charge < -0.3 is 15.1 Å². The van der Waals surface area contributed by atoms with Gasteiger partial charge in [0.15, 0.2) is 0 Å². The number of aromatic nitrogens is 5. The van der Waals surface area contributed by atoms with Crippen molar-refractivity contribution < 1.29 is 4.79 Å². The van der Waals surface area contributed by atoms with Gasteiger partial charge in [-0.25, -0.2) is 4.98 Å². The van der Waals surface area contributed by atoms with Crippen LogP contribution in [0.1, 0.15) is 10.5 Å². The number of pyridine rings is 1. The van der Waals surface area contributed by atoms with E-state index in [1.54, 1.807) is 27.8 Å². The van der Waals surface area contributed by atoms with Crippen LogP contribution in [-0.2, 0) is 14.1 Å². The average molecular weight is 380 g/mol. The fourth-order valence-electron chi connectivity index (χ4n) is 3.28. The van der Waals surface area contributed by atoms with E-state index < -0.39 is 0 Å². The predicted octanol–water partition coefficient (Wildman–Crippen LogP) is 1.22. The molecule has 146 valence electrons. The van der Waals surface area contributed by atoms with Crippen molar-refractivity contribution in [2.45, 2.75) is 0 Å². The summed E-state index contributed by atoms with van der Waals surface area (Å²) in [6.07, 6.45) is 5.37. The molecular weight excluding hydrogens is 356 g/mol. The molecule has 0 atom stereocenters. The van der Waals surface area contributed by atoms with E-state index in [2.05, 4.69) is 37.3 Å². The van der Waals surface area contributed by atoms with Crippen molar-refractivity contribution in [3.63, 3.8) is 0 Å². The van der Waals surface area contributed by atoms with Gasteiger partial charge in [0.05, 0.1) is 11.9 Å². The maximum Gasteiger partial charge on any atom is 0.274 e. The summed E-state index contributed by atoms with van der Waals surface area (Å²) in [7, 11) is 5.78. The minimum absolute atomic E-state index is 0.255. The molecule has 1 aliphatic rings. The van der Waals surface area contributed by atoms with E-state index in [-0.39, 0.29) is 5.91 Å². The van der Waals surface area contributed by atoms with E-state index in [1.807, 2.05) is 32.4 Å². The van der Waals surface area contributed by atoms with Crippen LogP contribution in [-0.4, -0.2) is 68.6 Å². The maximum absolute atomic E-state index is 12.8. The molecule has 9 heteroatoms. The maximum atomic E-state index is 12.8. The Labute approximate surface area is 163 Å². The first kappa shape index (κ1) is 18.2. The molecule has 1 N–H and O–H groups in total. The van der Waals surface area contributed by atoms with Crippen LogP contribution >= 0.6 is 0 Å². The number of rotatable bonds is 4. The van der Waals surface area contributed by atoms with Crippen molar-refractivity contribution >= 4 is 17.4 Å². The Morgan fingerprint density at radius 1 is 1.04 bits per heavy atom. The Kier molecular flexibility index (Phi) is 4.82. The van der Waals surface area contributed by atoms with Crippen molar-refractivity contribution in [1.29, 1.82) is 0 Å². The van der Waals surface area contributed by atoms with Crippen LogP contribution in [0.25, 0.3) is 11.3 Å². The highest BCUT2D eigenvalue weighted by atomic mass is 16.1. The quantitative estimate of drug-likeness (QED) is 0.733. The van der Waals surface area contributed by atoms with Crippen LogP contribution in [0.3, 0.4) is 0 Å². The second-order valence-electron chi connectivity index (χ2n) is 7.09. The zero-order valence-corrected chi connectivity index (χ0v) is 16.3. The Hall–Kier alpha value is -3.20. The van der Waals surface area contributed by atoms with E-state index in [1.165, 1.54) is 0 Å². The summed E-state index contributed by atoms with van der Waals surface area (Å²) in [6.45, 7) is 3.79. The van der Waals surface area contributed by atoms with Gasteiger partial charge in [-0.2, -0.15) is 10.2 Å². The highest BCUT2D eigenvalue weighted by Gasteiger charge is 2.19. The van der Waals surface area contributed by atoms with Gasteiger partial charge in [0, 0.05) is 58.2 Å². The number of piperazine rings is 1. The second-order valence-corrected chi connectivity index (χ2v) is 7.09. The van der Waals surface area contributed by atoms with E-state index in [0.29, 0.717) is 17.1 Å². The molecule has 0 bridgehead atoms. The van der Waals surface area contributed by atoms with Crippen molar-refractivity contribution in [2.75, 3.05) is 43.4 Å². The number of nitrogens with one attached hydrogen (secondary N) is 1. The third kappa shape index (κ3) is 3.74. The summed E-state index contributed by atoms with van der Waals surface area (Å²) < 4.78 is 3.38. The molecule has 0 aliphatic carbocycles. The van der Waals surface area contributed by atoms with Crippen LogP contribution in [0, 0.1) is 0 Å². The third-order valence-electron chi connectivity index (χ3n) is 4.85. The summed E-state index contributed by atoms with van der Waals surface area (Å²) in [4.78, 5) is 21.9. The van der Waals surface area contributed by atoms with E-state index in [0.717, 1.165) is 37.6 Å². The Balaban J connectivity index is 1.54. The predicted molar refractivity (Wildman–Crippen MR) is 107 cm³/mol. The average Bonchev–Trinajstić information content (AvgIpc) is 3.27. The third-order valence-corrected chi connectivity index (χ3v) is 4.85. The normalized spacial score (nSPS) is 15.0. The summed E-state index contributed by atoms with van der Waals surface area (Å²) in [6, 6.07) is 5.56. The first-order valence-corrected chi connectivity index (χ1v) is 9.24. The molecule has 1 aliphatic heterocycles. The van der Waals surface area contributed by atoms with Crippen LogP contribution in [0.4, 0.5) is 11.5 Å². The van der Waals surface area contributed by atoms with Crippen molar-refractivity contribution in [3.05, 3.63) is 42.5 Å². The van der Waals surface area contributed by atoms with E-state index in [9.17, 15) is 4.79 Å². The fraction of sp³-hybridized carbons (Fsp3) is 0.368. The summed E-state index contributed by atoms with van der Waals surface area (Å²) >= 11 is 0. The van der Waals surface area contributed by atoms with Gasteiger partial charge in [0.1, 0.15) is 17.2 Å². The minimum atomic E-state index is -0.255. The number of hydrogen-bond acceptors (Lipinski definition) is 6. The monoisotopic (exact) mass is 380 g/mol. The zero-order chi connectivity index (χ0) is 19.7. The first-order valence-electron chi connectivity index (χ1n) is 9.24. The highest BCUT2D eigenvalue weighted by Crippen LogP contribution is 2.26. The lowest BCUT2D eigenvalue weighted by atomic mass is 10.2. The van der Waals surface area contributed by atoms with Gasteiger partial charge in [-0.15, -0.1) is 0 Å². The summed E-state index contributed by atoms with van der Waals surface area (Å²) in [5, 5.41) is 11.6. The molecule has 4 heterocycles. The van der Waals surface area contributed by atoms with Gasteiger partial charge in [0.2, 0.25) is 0 Å². The van der Waals surface area contributed by atoms with Crippen molar-refractivity contribution in [3.8, 4) is 11.3 Å². The van der Waals surface area contributed by atoms with Crippen LogP contribution < -0.4 is 10.2 Å². The molecule has 3 aromatic rings. The van der Waals surface area contributed by atoms with Gasteiger partial charge in [-0.05, 0) is 19.2 Å². The zero-order valence-electron chi connectivity index (χ0n) is 16.3. The molecule has 0 saturated carbocycles. The molecule has 0 aromatic carbocycles. The largest absolute Gasteiger partial charge is 0.354 e.